The minimum absolute atomic E-state index is 0.355. The van der Waals surface area contributed by atoms with E-state index in [1.165, 1.54) is 5.56 Å². The fourth-order valence-corrected chi connectivity index (χ4v) is 3.40. The second-order valence-corrected chi connectivity index (χ2v) is 5.53. The van der Waals surface area contributed by atoms with Gasteiger partial charge in [0.1, 0.15) is 0 Å². The Morgan fingerprint density at radius 2 is 1.84 bits per heavy atom. The van der Waals surface area contributed by atoms with Crippen LogP contribution in [0.15, 0.2) is 30.3 Å². The van der Waals surface area contributed by atoms with Crippen molar-refractivity contribution < 1.29 is 9.47 Å². The number of morpholine rings is 1. The zero-order valence-electron chi connectivity index (χ0n) is 11.6. The number of rotatable bonds is 3. The molecule has 1 aromatic rings. The number of ether oxygens (including phenoxy) is 2. The Hall–Kier alpha value is -0.900. The Bertz CT molecular complexity index is 389. The van der Waals surface area contributed by atoms with Crippen LogP contribution in [-0.4, -0.2) is 43.9 Å². The van der Waals surface area contributed by atoms with Crippen molar-refractivity contribution in [3.8, 4) is 0 Å². The molecule has 0 radical (unpaired) electrons. The molecular formula is C16H23NO2. The molecule has 0 saturated carbocycles. The van der Waals surface area contributed by atoms with Crippen molar-refractivity contribution in [2.75, 3.05) is 32.9 Å². The molecule has 2 heterocycles. The lowest BCUT2D eigenvalue weighted by molar-refractivity contribution is -0.00961. The van der Waals surface area contributed by atoms with Crippen molar-refractivity contribution in [1.82, 2.24) is 4.90 Å². The molecule has 0 unspecified atom stereocenters. The molecule has 3 atom stereocenters. The molecule has 2 aliphatic rings. The largest absolute Gasteiger partial charge is 0.379 e. The Labute approximate surface area is 115 Å². The van der Waals surface area contributed by atoms with Crippen molar-refractivity contribution in [3.05, 3.63) is 35.9 Å². The van der Waals surface area contributed by atoms with Gasteiger partial charge in [0.25, 0.3) is 0 Å². The van der Waals surface area contributed by atoms with Crippen LogP contribution in [0.4, 0.5) is 0 Å². The Balaban J connectivity index is 1.86. The third-order valence-corrected chi connectivity index (χ3v) is 4.42. The molecule has 19 heavy (non-hydrogen) atoms. The maximum atomic E-state index is 5.80. The third-order valence-electron chi connectivity index (χ3n) is 4.42. The van der Waals surface area contributed by atoms with Crippen molar-refractivity contribution >= 4 is 0 Å². The molecule has 1 aromatic carbocycles. The molecule has 3 nitrogen and oxygen atoms in total. The summed E-state index contributed by atoms with van der Waals surface area (Å²) in [6.07, 6.45) is 1.52. The van der Waals surface area contributed by atoms with E-state index in [0.29, 0.717) is 18.1 Å². The van der Waals surface area contributed by atoms with E-state index in [2.05, 4.69) is 42.2 Å². The first-order chi connectivity index (χ1) is 9.36. The van der Waals surface area contributed by atoms with Crippen LogP contribution >= 0.6 is 0 Å². The highest BCUT2D eigenvalue weighted by Crippen LogP contribution is 2.37. The molecule has 0 aliphatic carbocycles. The van der Waals surface area contributed by atoms with Crippen molar-refractivity contribution in [2.24, 2.45) is 5.92 Å². The van der Waals surface area contributed by atoms with E-state index in [0.717, 1.165) is 39.3 Å². The van der Waals surface area contributed by atoms with Crippen LogP contribution in [0.5, 0.6) is 0 Å². The van der Waals surface area contributed by atoms with E-state index < -0.39 is 0 Å². The first kappa shape index (κ1) is 13.1. The molecule has 3 heteroatoms. The SMILES string of the molecule is C[C@H]1OCC[C@@H]1[C@@H](c1ccccc1)N1CCOCC1. The number of hydrogen-bond acceptors (Lipinski definition) is 3. The molecule has 0 N–H and O–H groups in total. The van der Waals surface area contributed by atoms with Crippen LogP contribution in [-0.2, 0) is 9.47 Å². The van der Waals surface area contributed by atoms with Gasteiger partial charge in [-0.25, -0.2) is 0 Å². The molecule has 2 aliphatic heterocycles. The van der Waals surface area contributed by atoms with Crippen molar-refractivity contribution in [3.63, 3.8) is 0 Å². The summed E-state index contributed by atoms with van der Waals surface area (Å²) in [6.45, 7) is 6.88. The Morgan fingerprint density at radius 3 is 2.47 bits per heavy atom. The summed E-state index contributed by atoms with van der Waals surface area (Å²) in [7, 11) is 0. The van der Waals surface area contributed by atoms with Gasteiger partial charge in [0.05, 0.1) is 19.3 Å². The summed E-state index contributed by atoms with van der Waals surface area (Å²) < 4.78 is 11.3. The maximum absolute atomic E-state index is 5.80. The number of benzene rings is 1. The van der Waals surface area contributed by atoms with E-state index in [4.69, 9.17) is 9.47 Å². The highest BCUT2D eigenvalue weighted by Gasteiger charge is 2.36. The quantitative estimate of drug-likeness (QED) is 0.834. The van der Waals surface area contributed by atoms with Crippen LogP contribution < -0.4 is 0 Å². The maximum Gasteiger partial charge on any atom is 0.0594 e. The zero-order chi connectivity index (χ0) is 13.1. The minimum Gasteiger partial charge on any atom is -0.379 e. The lowest BCUT2D eigenvalue weighted by Gasteiger charge is -2.39. The summed E-state index contributed by atoms with van der Waals surface area (Å²) in [4.78, 5) is 2.58. The third kappa shape index (κ3) is 2.83. The monoisotopic (exact) mass is 261 g/mol. The summed E-state index contributed by atoms with van der Waals surface area (Å²) >= 11 is 0. The van der Waals surface area contributed by atoms with Crippen LogP contribution in [0.1, 0.15) is 24.9 Å². The van der Waals surface area contributed by atoms with E-state index in [1.807, 2.05) is 0 Å². The first-order valence-electron chi connectivity index (χ1n) is 7.34. The summed E-state index contributed by atoms with van der Waals surface area (Å²) in [5.74, 6) is 0.598. The van der Waals surface area contributed by atoms with Gasteiger partial charge in [-0.05, 0) is 18.9 Å². The van der Waals surface area contributed by atoms with Gasteiger partial charge in [-0.2, -0.15) is 0 Å². The van der Waals surface area contributed by atoms with Crippen LogP contribution in [0.2, 0.25) is 0 Å². The van der Waals surface area contributed by atoms with Gasteiger partial charge in [0.2, 0.25) is 0 Å². The van der Waals surface area contributed by atoms with E-state index >= 15 is 0 Å². The number of nitrogens with zero attached hydrogens (tertiary/aromatic N) is 1. The molecule has 104 valence electrons. The molecule has 0 spiro atoms. The van der Waals surface area contributed by atoms with Gasteiger partial charge in [0.15, 0.2) is 0 Å². The summed E-state index contributed by atoms with van der Waals surface area (Å²) in [5.41, 5.74) is 1.42. The average molecular weight is 261 g/mol. The van der Waals surface area contributed by atoms with Crippen molar-refractivity contribution in [1.29, 1.82) is 0 Å². The first-order valence-corrected chi connectivity index (χ1v) is 7.34. The molecule has 2 fully saturated rings. The van der Waals surface area contributed by atoms with E-state index in [9.17, 15) is 0 Å². The lowest BCUT2D eigenvalue weighted by atomic mass is 9.87. The minimum atomic E-state index is 0.355. The number of hydrogen-bond donors (Lipinski definition) is 0. The van der Waals surface area contributed by atoms with Crippen LogP contribution in [0.3, 0.4) is 0 Å². The topological polar surface area (TPSA) is 21.7 Å². The molecule has 0 bridgehead atoms. The zero-order valence-corrected chi connectivity index (χ0v) is 11.6. The van der Waals surface area contributed by atoms with Gasteiger partial charge < -0.3 is 9.47 Å². The standard InChI is InChI=1S/C16H23NO2/c1-13-15(7-10-19-13)16(14-5-3-2-4-6-14)17-8-11-18-12-9-17/h2-6,13,15-16H,7-12H2,1H3/t13-,15+,16-/m1/s1. The second-order valence-electron chi connectivity index (χ2n) is 5.53. The van der Waals surface area contributed by atoms with Crippen LogP contribution in [0, 0.1) is 5.92 Å². The van der Waals surface area contributed by atoms with Gasteiger partial charge in [-0.15, -0.1) is 0 Å². The smallest absolute Gasteiger partial charge is 0.0594 e. The highest BCUT2D eigenvalue weighted by molar-refractivity contribution is 5.21. The van der Waals surface area contributed by atoms with E-state index in [-0.39, 0.29) is 0 Å². The van der Waals surface area contributed by atoms with Gasteiger partial charge in [-0.1, -0.05) is 30.3 Å². The fraction of sp³-hybridized carbons (Fsp3) is 0.625. The van der Waals surface area contributed by atoms with Gasteiger partial charge in [0, 0.05) is 31.7 Å². The molecular weight excluding hydrogens is 238 g/mol. The van der Waals surface area contributed by atoms with Gasteiger partial charge in [-0.3, -0.25) is 4.90 Å². The summed E-state index contributed by atoms with van der Waals surface area (Å²) in [5, 5.41) is 0. The highest BCUT2D eigenvalue weighted by atomic mass is 16.5. The predicted octanol–water partition coefficient (Wildman–Crippen LogP) is 2.48. The second kappa shape index (κ2) is 6.04. The molecule has 0 amide bonds. The summed E-state index contributed by atoms with van der Waals surface area (Å²) in [6, 6.07) is 11.4. The van der Waals surface area contributed by atoms with Gasteiger partial charge >= 0.3 is 0 Å². The average Bonchev–Trinajstić information content (AvgIpc) is 2.88. The van der Waals surface area contributed by atoms with Crippen molar-refractivity contribution in [2.45, 2.75) is 25.5 Å². The normalized spacial score (nSPS) is 30.4. The fourth-order valence-electron chi connectivity index (χ4n) is 3.40. The molecule has 0 aromatic heterocycles. The molecule has 2 saturated heterocycles. The van der Waals surface area contributed by atoms with E-state index in [1.54, 1.807) is 0 Å². The lowest BCUT2D eigenvalue weighted by Crippen LogP contribution is -2.43. The van der Waals surface area contributed by atoms with Crippen LogP contribution in [0.25, 0.3) is 0 Å². The molecule has 3 rings (SSSR count). The Morgan fingerprint density at radius 1 is 1.11 bits per heavy atom. The Kier molecular flexibility index (Phi) is 4.16. The predicted molar refractivity (Wildman–Crippen MR) is 75.1 cm³/mol.